The second kappa shape index (κ2) is 7.53. The van der Waals surface area contributed by atoms with Gasteiger partial charge in [0.25, 0.3) is 0 Å². The maximum atomic E-state index is 10.6. The molecule has 0 amide bonds. The number of ether oxygens (including phenoxy) is 2. The fourth-order valence-electron chi connectivity index (χ4n) is 0.826. The molecule has 0 rings (SSSR count). The van der Waals surface area contributed by atoms with Crippen molar-refractivity contribution in [3.63, 3.8) is 0 Å². The van der Waals surface area contributed by atoms with E-state index in [-0.39, 0.29) is 6.29 Å². The van der Waals surface area contributed by atoms with Gasteiger partial charge in [0.1, 0.15) is 0 Å². The standard InChI is InChI=1S/C9H19O3/c1-4-6-7-11-9(5-2)12-8(3)10/h8-9H,4-7H2,1-3H3. The molecule has 2 unspecified atom stereocenters. The second-order valence-corrected chi connectivity index (χ2v) is 2.77. The van der Waals surface area contributed by atoms with E-state index in [1.54, 1.807) is 0 Å². The first-order valence-electron chi connectivity index (χ1n) is 4.63. The van der Waals surface area contributed by atoms with Gasteiger partial charge in [0.15, 0.2) is 12.6 Å². The van der Waals surface area contributed by atoms with Crippen molar-refractivity contribution in [1.29, 1.82) is 0 Å². The Morgan fingerprint density at radius 2 is 2.00 bits per heavy atom. The van der Waals surface area contributed by atoms with Gasteiger partial charge in [-0.3, -0.25) is 0 Å². The van der Waals surface area contributed by atoms with E-state index in [4.69, 9.17) is 9.47 Å². The first-order valence-corrected chi connectivity index (χ1v) is 4.63. The molecular weight excluding hydrogens is 156 g/mol. The number of hydrogen-bond acceptors (Lipinski definition) is 2. The van der Waals surface area contributed by atoms with Crippen LogP contribution in [0.3, 0.4) is 0 Å². The zero-order valence-electron chi connectivity index (χ0n) is 8.21. The van der Waals surface area contributed by atoms with Gasteiger partial charge in [-0.2, -0.15) is 0 Å². The van der Waals surface area contributed by atoms with Gasteiger partial charge in [0.2, 0.25) is 0 Å². The van der Waals surface area contributed by atoms with Crippen molar-refractivity contribution in [2.75, 3.05) is 6.61 Å². The lowest BCUT2D eigenvalue weighted by Gasteiger charge is -2.17. The van der Waals surface area contributed by atoms with E-state index >= 15 is 0 Å². The monoisotopic (exact) mass is 175 g/mol. The molecule has 2 atom stereocenters. The summed E-state index contributed by atoms with van der Waals surface area (Å²) in [4.78, 5) is 0. The average Bonchev–Trinajstić information content (AvgIpc) is 2.02. The van der Waals surface area contributed by atoms with E-state index in [0.717, 1.165) is 19.3 Å². The van der Waals surface area contributed by atoms with Crippen LogP contribution in [-0.2, 0) is 14.6 Å². The topological polar surface area (TPSA) is 38.4 Å². The Kier molecular flexibility index (Phi) is 7.45. The zero-order chi connectivity index (χ0) is 9.40. The molecule has 0 aromatic heterocycles. The SMILES string of the molecule is CCCCOC(CC)OC(C)[O]. The van der Waals surface area contributed by atoms with Crippen molar-refractivity contribution >= 4 is 0 Å². The van der Waals surface area contributed by atoms with Crippen LogP contribution in [0.15, 0.2) is 0 Å². The molecule has 0 aliphatic carbocycles. The molecule has 73 valence electrons. The summed E-state index contributed by atoms with van der Waals surface area (Å²) in [5.41, 5.74) is 0. The van der Waals surface area contributed by atoms with Gasteiger partial charge in [-0.1, -0.05) is 20.3 Å². The van der Waals surface area contributed by atoms with Gasteiger partial charge in [-0.15, -0.1) is 0 Å². The maximum absolute atomic E-state index is 10.6. The highest BCUT2D eigenvalue weighted by atomic mass is 16.7. The molecular formula is C9H19O3. The Morgan fingerprint density at radius 1 is 1.33 bits per heavy atom. The van der Waals surface area contributed by atoms with E-state index in [2.05, 4.69) is 6.92 Å². The third-order valence-electron chi connectivity index (χ3n) is 1.48. The molecule has 3 heteroatoms. The lowest BCUT2D eigenvalue weighted by Crippen LogP contribution is -2.21. The molecule has 0 aliphatic rings. The van der Waals surface area contributed by atoms with Gasteiger partial charge in [-0.25, -0.2) is 5.11 Å². The zero-order valence-corrected chi connectivity index (χ0v) is 8.21. The summed E-state index contributed by atoms with van der Waals surface area (Å²) in [6.45, 7) is 6.20. The molecule has 0 saturated carbocycles. The molecule has 3 nitrogen and oxygen atoms in total. The molecule has 0 bridgehead atoms. The minimum absolute atomic E-state index is 0.316. The van der Waals surface area contributed by atoms with Crippen molar-refractivity contribution in [3.05, 3.63) is 0 Å². The number of rotatable bonds is 7. The summed E-state index contributed by atoms with van der Waals surface area (Å²) in [7, 11) is 0. The Labute approximate surface area is 74.7 Å². The van der Waals surface area contributed by atoms with Gasteiger partial charge in [0, 0.05) is 6.61 Å². The first kappa shape index (κ1) is 11.9. The highest BCUT2D eigenvalue weighted by Gasteiger charge is 2.09. The third kappa shape index (κ3) is 6.58. The van der Waals surface area contributed by atoms with Crippen LogP contribution in [0.4, 0.5) is 0 Å². The minimum Gasteiger partial charge on any atom is -0.353 e. The Morgan fingerprint density at radius 3 is 2.42 bits per heavy atom. The van der Waals surface area contributed by atoms with Gasteiger partial charge < -0.3 is 9.47 Å². The molecule has 0 spiro atoms. The molecule has 0 fully saturated rings. The molecule has 12 heavy (non-hydrogen) atoms. The van der Waals surface area contributed by atoms with Crippen LogP contribution < -0.4 is 0 Å². The van der Waals surface area contributed by atoms with Crippen LogP contribution in [0, 0.1) is 0 Å². The van der Waals surface area contributed by atoms with Crippen LogP contribution in [0.5, 0.6) is 0 Å². The quantitative estimate of drug-likeness (QED) is 0.440. The van der Waals surface area contributed by atoms with Crippen LogP contribution in [0.2, 0.25) is 0 Å². The van der Waals surface area contributed by atoms with E-state index in [1.807, 2.05) is 6.92 Å². The summed E-state index contributed by atoms with van der Waals surface area (Å²) in [6.07, 6.45) is 1.55. The molecule has 0 aromatic rings. The summed E-state index contributed by atoms with van der Waals surface area (Å²) in [6, 6.07) is 0. The van der Waals surface area contributed by atoms with Crippen LogP contribution in [0.25, 0.3) is 0 Å². The van der Waals surface area contributed by atoms with E-state index < -0.39 is 6.29 Å². The predicted molar refractivity (Wildman–Crippen MR) is 46.2 cm³/mol. The summed E-state index contributed by atoms with van der Waals surface area (Å²) in [5, 5.41) is 10.6. The smallest absolute Gasteiger partial charge is 0.191 e. The molecule has 0 aromatic carbocycles. The fraction of sp³-hybridized carbons (Fsp3) is 1.00. The Bertz CT molecular complexity index is 93.8. The summed E-state index contributed by atoms with van der Waals surface area (Å²) < 4.78 is 10.3. The Balaban J connectivity index is 3.39. The first-order chi connectivity index (χ1) is 5.70. The van der Waals surface area contributed by atoms with Gasteiger partial charge in [0.05, 0.1) is 0 Å². The van der Waals surface area contributed by atoms with E-state index in [0.29, 0.717) is 6.61 Å². The third-order valence-corrected chi connectivity index (χ3v) is 1.48. The normalized spacial score (nSPS) is 16.0. The summed E-state index contributed by atoms with van der Waals surface area (Å²) >= 11 is 0. The van der Waals surface area contributed by atoms with Crippen LogP contribution in [0.1, 0.15) is 40.0 Å². The lowest BCUT2D eigenvalue weighted by atomic mass is 10.3. The maximum Gasteiger partial charge on any atom is 0.191 e. The van der Waals surface area contributed by atoms with Gasteiger partial charge >= 0.3 is 0 Å². The van der Waals surface area contributed by atoms with Crippen molar-refractivity contribution in [2.45, 2.75) is 52.6 Å². The Hall–Kier alpha value is -0.120. The average molecular weight is 175 g/mol. The van der Waals surface area contributed by atoms with Crippen molar-refractivity contribution in [1.82, 2.24) is 0 Å². The highest BCUT2D eigenvalue weighted by molar-refractivity contribution is 4.41. The van der Waals surface area contributed by atoms with E-state index in [9.17, 15) is 5.11 Å². The largest absolute Gasteiger partial charge is 0.353 e. The molecule has 0 N–H and O–H groups in total. The fourth-order valence-corrected chi connectivity index (χ4v) is 0.826. The van der Waals surface area contributed by atoms with Crippen molar-refractivity contribution < 1.29 is 14.6 Å². The van der Waals surface area contributed by atoms with Gasteiger partial charge in [-0.05, 0) is 19.8 Å². The number of hydrogen-bond donors (Lipinski definition) is 0. The highest BCUT2D eigenvalue weighted by Crippen LogP contribution is 2.04. The summed E-state index contributed by atoms with van der Waals surface area (Å²) in [5.74, 6) is 0. The predicted octanol–water partition coefficient (Wildman–Crippen LogP) is 2.33. The van der Waals surface area contributed by atoms with E-state index in [1.165, 1.54) is 6.92 Å². The lowest BCUT2D eigenvalue weighted by molar-refractivity contribution is -0.240. The van der Waals surface area contributed by atoms with Crippen LogP contribution in [-0.4, -0.2) is 19.2 Å². The van der Waals surface area contributed by atoms with Crippen LogP contribution >= 0.6 is 0 Å². The number of unbranched alkanes of at least 4 members (excludes halogenated alkanes) is 1. The second-order valence-electron chi connectivity index (χ2n) is 2.77. The van der Waals surface area contributed by atoms with Crippen molar-refractivity contribution in [2.24, 2.45) is 0 Å². The molecule has 0 saturated heterocycles. The molecule has 1 radical (unpaired) electrons. The minimum atomic E-state index is -0.989. The van der Waals surface area contributed by atoms with Crippen molar-refractivity contribution in [3.8, 4) is 0 Å². The molecule has 0 heterocycles. The molecule has 0 aliphatic heterocycles.